The molecule has 0 aromatic rings. The minimum Gasteiger partial charge on any atom is -0.462 e. The van der Waals surface area contributed by atoms with E-state index in [1.165, 1.54) is 173 Å². The SMILES string of the molecule is CCCCC/C=C\C/C=C\CCCCCCCCCC(=O)OCC(COCCCCCCCC/C=C\C/C=C\CCCCC)OC(=O)CCCCCCCCCCCCC. The Balaban J connectivity index is 4.25. The first-order chi connectivity index (χ1) is 29.6. The topological polar surface area (TPSA) is 61.8 Å². The van der Waals surface area contributed by atoms with Crippen molar-refractivity contribution in [3.63, 3.8) is 0 Å². The normalized spacial score (nSPS) is 12.5. The molecule has 0 amide bonds. The lowest BCUT2D eigenvalue weighted by molar-refractivity contribution is -0.163. The molecule has 0 saturated carbocycles. The van der Waals surface area contributed by atoms with Gasteiger partial charge in [-0.25, -0.2) is 0 Å². The summed E-state index contributed by atoms with van der Waals surface area (Å²) >= 11 is 0. The van der Waals surface area contributed by atoms with Gasteiger partial charge in [0.25, 0.3) is 0 Å². The van der Waals surface area contributed by atoms with Gasteiger partial charge in [-0.2, -0.15) is 0 Å². The maximum atomic E-state index is 12.8. The molecule has 0 spiro atoms. The Morgan fingerprint density at radius 3 is 1.13 bits per heavy atom. The average molecular weight is 841 g/mol. The van der Waals surface area contributed by atoms with Gasteiger partial charge in [-0.3, -0.25) is 9.59 Å². The van der Waals surface area contributed by atoms with Crippen molar-refractivity contribution in [1.82, 2.24) is 0 Å². The standard InChI is InChI=1S/C55H100O5/c1-4-7-10-13-16-19-22-24-26-28-29-31-34-36-39-42-45-48-54(56)59-52-53(60-55(57)49-46-43-40-37-33-21-18-15-12-9-6-3)51-58-50-47-44-41-38-35-32-30-27-25-23-20-17-14-11-8-5-2/h16-17,19-20,24-27,53H,4-15,18,21-23,28-52H2,1-3H3/b19-16-,20-17-,26-24-,27-25-. The van der Waals surface area contributed by atoms with Gasteiger partial charge < -0.3 is 14.2 Å². The van der Waals surface area contributed by atoms with Crippen LogP contribution in [0.15, 0.2) is 48.6 Å². The molecule has 0 aromatic carbocycles. The van der Waals surface area contributed by atoms with Crippen LogP contribution in [0.25, 0.3) is 0 Å². The Morgan fingerprint density at radius 2 is 0.700 bits per heavy atom. The first-order valence-corrected chi connectivity index (χ1v) is 26.2. The van der Waals surface area contributed by atoms with Crippen molar-refractivity contribution in [3.05, 3.63) is 48.6 Å². The number of esters is 2. The highest BCUT2D eigenvalue weighted by atomic mass is 16.6. The van der Waals surface area contributed by atoms with Crippen LogP contribution >= 0.6 is 0 Å². The molecule has 0 radical (unpaired) electrons. The Morgan fingerprint density at radius 1 is 0.367 bits per heavy atom. The molecular formula is C55H100O5. The quantitative estimate of drug-likeness (QED) is 0.0347. The summed E-state index contributed by atoms with van der Waals surface area (Å²) in [6.45, 7) is 7.77. The van der Waals surface area contributed by atoms with Gasteiger partial charge in [0.15, 0.2) is 6.10 Å². The number of carbonyl (C=O) groups excluding carboxylic acids is 2. The summed E-state index contributed by atoms with van der Waals surface area (Å²) in [6, 6.07) is 0. The lowest BCUT2D eigenvalue weighted by Crippen LogP contribution is -2.30. The number of unbranched alkanes of at least 4 members (excludes halogenated alkanes) is 29. The van der Waals surface area contributed by atoms with E-state index in [1.807, 2.05) is 0 Å². The molecule has 0 heterocycles. The second-order valence-corrected chi connectivity index (χ2v) is 17.4. The van der Waals surface area contributed by atoms with Crippen molar-refractivity contribution < 1.29 is 23.8 Å². The fourth-order valence-electron chi connectivity index (χ4n) is 7.39. The molecule has 0 rings (SSSR count). The van der Waals surface area contributed by atoms with Crippen LogP contribution < -0.4 is 0 Å². The van der Waals surface area contributed by atoms with E-state index in [1.54, 1.807) is 0 Å². The molecule has 0 N–H and O–H groups in total. The van der Waals surface area contributed by atoms with E-state index in [-0.39, 0.29) is 25.2 Å². The van der Waals surface area contributed by atoms with Crippen LogP contribution in [0.2, 0.25) is 0 Å². The van der Waals surface area contributed by atoms with Gasteiger partial charge in [0.2, 0.25) is 0 Å². The minimum absolute atomic E-state index is 0.0796. The van der Waals surface area contributed by atoms with Crippen LogP contribution in [-0.2, 0) is 23.8 Å². The van der Waals surface area contributed by atoms with Crippen LogP contribution in [0.1, 0.15) is 265 Å². The number of rotatable bonds is 48. The van der Waals surface area contributed by atoms with Crippen molar-refractivity contribution in [2.75, 3.05) is 19.8 Å². The third kappa shape index (κ3) is 48.5. The third-order valence-electron chi connectivity index (χ3n) is 11.3. The Hall–Kier alpha value is -2.14. The van der Waals surface area contributed by atoms with E-state index >= 15 is 0 Å². The molecule has 0 bridgehead atoms. The van der Waals surface area contributed by atoms with Crippen molar-refractivity contribution >= 4 is 11.9 Å². The van der Waals surface area contributed by atoms with Crippen LogP contribution in [0, 0.1) is 0 Å². The van der Waals surface area contributed by atoms with Crippen LogP contribution in [0.3, 0.4) is 0 Å². The highest BCUT2D eigenvalue weighted by Gasteiger charge is 2.17. The molecule has 5 heteroatoms. The number of hydrogen-bond donors (Lipinski definition) is 0. The van der Waals surface area contributed by atoms with Gasteiger partial charge in [-0.15, -0.1) is 0 Å². The van der Waals surface area contributed by atoms with Gasteiger partial charge in [-0.05, 0) is 83.5 Å². The minimum atomic E-state index is -0.541. The van der Waals surface area contributed by atoms with E-state index < -0.39 is 6.10 Å². The lowest BCUT2D eigenvalue weighted by atomic mass is 10.1. The third-order valence-corrected chi connectivity index (χ3v) is 11.3. The summed E-state index contributed by atoms with van der Waals surface area (Å²) < 4.78 is 17.4. The Kier molecular flexibility index (Phi) is 49.4. The molecule has 0 aromatic heterocycles. The fourth-order valence-corrected chi connectivity index (χ4v) is 7.39. The molecule has 1 unspecified atom stereocenters. The molecule has 0 fully saturated rings. The van der Waals surface area contributed by atoms with Crippen LogP contribution in [0.5, 0.6) is 0 Å². The number of hydrogen-bond acceptors (Lipinski definition) is 5. The molecular weight excluding hydrogens is 741 g/mol. The largest absolute Gasteiger partial charge is 0.462 e. The highest BCUT2D eigenvalue weighted by molar-refractivity contribution is 5.70. The Bertz CT molecular complexity index is 997. The maximum Gasteiger partial charge on any atom is 0.306 e. The van der Waals surface area contributed by atoms with E-state index in [9.17, 15) is 9.59 Å². The Labute approximate surface area is 373 Å². The van der Waals surface area contributed by atoms with Gasteiger partial charge in [0.05, 0.1) is 6.61 Å². The summed E-state index contributed by atoms with van der Waals surface area (Å²) in [6.07, 6.45) is 62.5. The van der Waals surface area contributed by atoms with Crippen molar-refractivity contribution in [2.45, 2.75) is 271 Å². The zero-order valence-electron chi connectivity index (χ0n) is 40.2. The summed E-state index contributed by atoms with van der Waals surface area (Å²) in [7, 11) is 0. The fraction of sp³-hybridized carbons (Fsp3) is 0.818. The predicted octanol–water partition coefficient (Wildman–Crippen LogP) is 17.6. The van der Waals surface area contributed by atoms with E-state index in [4.69, 9.17) is 14.2 Å². The molecule has 0 aliphatic heterocycles. The lowest BCUT2D eigenvalue weighted by Gasteiger charge is -2.18. The van der Waals surface area contributed by atoms with Gasteiger partial charge in [-0.1, -0.05) is 217 Å². The van der Waals surface area contributed by atoms with E-state index in [2.05, 4.69) is 69.4 Å². The summed E-state index contributed by atoms with van der Waals surface area (Å²) in [4.78, 5) is 25.4. The highest BCUT2D eigenvalue weighted by Crippen LogP contribution is 2.15. The maximum absolute atomic E-state index is 12.8. The molecule has 0 saturated heterocycles. The smallest absolute Gasteiger partial charge is 0.306 e. The predicted molar refractivity (Wildman–Crippen MR) is 261 cm³/mol. The van der Waals surface area contributed by atoms with Gasteiger partial charge in [0.1, 0.15) is 6.61 Å². The summed E-state index contributed by atoms with van der Waals surface area (Å²) in [5, 5.41) is 0. The molecule has 0 aliphatic rings. The second kappa shape index (κ2) is 51.2. The van der Waals surface area contributed by atoms with Crippen LogP contribution in [-0.4, -0.2) is 37.9 Å². The van der Waals surface area contributed by atoms with Gasteiger partial charge in [0, 0.05) is 19.4 Å². The van der Waals surface area contributed by atoms with E-state index in [0.717, 1.165) is 57.8 Å². The van der Waals surface area contributed by atoms with Crippen LogP contribution in [0.4, 0.5) is 0 Å². The molecule has 350 valence electrons. The zero-order chi connectivity index (χ0) is 43.5. The summed E-state index contributed by atoms with van der Waals surface area (Å²) in [5.74, 6) is -0.403. The second-order valence-electron chi connectivity index (χ2n) is 17.4. The number of allylic oxidation sites excluding steroid dienone is 8. The van der Waals surface area contributed by atoms with Crippen molar-refractivity contribution in [2.24, 2.45) is 0 Å². The first kappa shape index (κ1) is 57.9. The average Bonchev–Trinajstić information content (AvgIpc) is 3.25. The first-order valence-electron chi connectivity index (χ1n) is 26.2. The van der Waals surface area contributed by atoms with Gasteiger partial charge >= 0.3 is 11.9 Å². The van der Waals surface area contributed by atoms with Crippen molar-refractivity contribution in [1.29, 1.82) is 0 Å². The molecule has 5 nitrogen and oxygen atoms in total. The molecule has 0 aliphatic carbocycles. The summed E-state index contributed by atoms with van der Waals surface area (Å²) in [5.41, 5.74) is 0. The number of carbonyl (C=O) groups is 2. The zero-order valence-corrected chi connectivity index (χ0v) is 40.2. The van der Waals surface area contributed by atoms with E-state index in [0.29, 0.717) is 19.4 Å². The van der Waals surface area contributed by atoms with Crippen molar-refractivity contribution in [3.8, 4) is 0 Å². The molecule has 1 atom stereocenters. The monoisotopic (exact) mass is 841 g/mol. The molecule has 60 heavy (non-hydrogen) atoms. The number of ether oxygens (including phenoxy) is 3.